The molecule has 0 saturated carbocycles. The summed E-state index contributed by atoms with van der Waals surface area (Å²) in [6, 6.07) is 7.43. The maximum atomic E-state index is 11.9. The van der Waals surface area contributed by atoms with Crippen molar-refractivity contribution in [1.82, 2.24) is 5.32 Å². The molecule has 21 heavy (non-hydrogen) atoms. The zero-order valence-corrected chi connectivity index (χ0v) is 12.9. The smallest absolute Gasteiger partial charge is 0.240 e. The van der Waals surface area contributed by atoms with Gasteiger partial charge < -0.3 is 11.1 Å². The second kappa shape index (κ2) is 8.25. The van der Waals surface area contributed by atoms with Crippen molar-refractivity contribution in [3.05, 3.63) is 41.5 Å². The molecule has 0 aliphatic rings. The van der Waals surface area contributed by atoms with E-state index in [1.807, 2.05) is 51.1 Å². The Bertz CT molecular complexity index is 506. The first-order chi connectivity index (χ1) is 9.93. The van der Waals surface area contributed by atoms with Gasteiger partial charge in [0.1, 0.15) is 6.04 Å². The Morgan fingerprint density at radius 3 is 2.43 bits per heavy atom. The van der Waals surface area contributed by atoms with Crippen LogP contribution >= 0.6 is 0 Å². The van der Waals surface area contributed by atoms with Crippen molar-refractivity contribution in [2.24, 2.45) is 11.7 Å². The van der Waals surface area contributed by atoms with E-state index in [0.717, 1.165) is 12.0 Å². The summed E-state index contributed by atoms with van der Waals surface area (Å²) in [5, 5.41) is 2.70. The monoisotopic (exact) mass is 288 g/mol. The number of carbonyl (C=O) groups is 2. The molecule has 3 N–H and O–H groups in total. The van der Waals surface area contributed by atoms with Crippen molar-refractivity contribution < 1.29 is 9.59 Å². The van der Waals surface area contributed by atoms with E-state index in [4.69, 9.17) is 5.73 Å². The largest absolute Gasteiger partial charge is 0.368 e. The highest BCUT2D eigenvalue weighted by Gasteiger charge is 2.22. The molecule has 0 radical (unpaired) electrons. The maximum absolute atomic E-state index is 11.9. The molecule has 2 atom stereocenters. The Labute approximate surface area is 126 Å². The lowest BCUT2D eigenvalue weighted by Crippen LogP contribution is -2.48. The normalized spacial score (nSPS) is 13.9. The molecule has 1 rings (SSSR count). The van der Waals surface area contributed by atoms with Gasteiger partial charge in [0.15, 0.2) is 0 Å². The van der Waals surface area contributed by atoms with Crippen molar-refractivity contribution in [3.8, 4) is 0 Å². The second-order valence-corrected chi connectivity index (χ2v) is 5.35. The number of nitrogens with one attached hydrogen (secondary N) is 1. The topological polar surface area (TPSA) is 72.2 Å². The van der Waals surface area contributed by atoms with E-state index in [2.05, 4.69) is 5.32 Å². The van der Waals surface area contributed by atoms with Crippen LogP contribution in [-0.4, -0.2) is 17.9 Å². The molecule has 0 heterocycles. The zero-order valence-electron chi connectivity index (χ0n) is 12.9. The fraction of sp³-hybridized carbons (Fsp3) is 0.412. The van der Waals surface area contributed by atoms with Gasteiger partial charge in [-0.3, -0.25) is 9.59 Å². The summed E-state index contributed by atoms with van der Waals surface area (Å²) in [6.45, 7) is 5.89. The summed E-state index contributed by atoms with van der Waals surface area (Å²) in [5.74, 6) is -0.643. The molecular formula is C17H24N2O2. The van der Waals surface area contributed by atoms with Crippen LogP contribution < -0.4 is 11.1 Å². The van der Waals surface area contributed by atoms with Gasteiger partial charge in [-0.2, -0.15) is 0 Å². The third kappa shape index (κ3) is 5.81. The molecule has 2 amide bonds. The van der Waals surface area contributed by atoms with Crippen molar-refractivity contribution in [2.75, 3.05) is 0 Å². The molecule has 2 unspecified atom stereocenters. The van der Waals surface area contributed by atoms with Crippen LogP contribution in [0.1, 0.15) is 37.8 Å². The molecule has 114 valence electrons. The summed E-state index contributed by atoms with van der Waals surface area (Å²) in [6.07, 6.45) is 4.69. The predicted octanol–water partition coefficient (Wildman–Crippen LogP) is 2.41. The molecule has 4 nitrogen and oxygen atoms in total. The second-order valence-electron chi connectivity index (χ2n) is 5.35. The number of carbonyl (C=O) groups excluding carboxylic acids is 2. The van der Waals surface area contributed by atoms with Crippen molar-refractivity contribution in [2.45, 2.75) is 39.7 Å². The molecule has 4 heteroatoms. The Balaban J connectivity index is 2.53. The average molecular weight is 288 g/mol. The van der Waals surface area contributed by atoms with Crippen LogP contribution in [0.2, 0.25) is 0 Å². The number of nitrogens with two attached hydrogens (primary N) is 1. The fourth-order valence-electron chi connectivity index (χ4n) is 1.94. The van der Waals surface area contributed by atoms with Gasteiger partial charge in [0, 0.05) is 6.42 Å². The minimum absolute atomic E-state index is 0.0347. The summed E-state index contributed by atoms with van der Waals surface area (Å²) in [5.41, 5.74) is 7.56. The molecule has 0 spiro atoms. The molecule has 0 bridgehead atoms. The molecule has 0 aromatic heterocycles. The number of benzene rings is 1. The Morgan fingerprint density at radius 1 is 1.29 bits per heavy atom. The number of rotatable bonds is 7. The Kier molecular flexibility index (Phi) is 6.66. The highest BCUT2D eigenvalue weighted by atomic mass is 16.2. The molecule has 0 saturated heterocycles. The van der Waals surface area contributed by atoms with Gasteiger partial charge in [-0.05, 0) is 18.4 Å². The lowest BCUT2D eigenvalue weighted by atomic mass is 9.98. The summed E-state index contributed by atoms with van der Waals surface area (Å²) in [7, 11) is 0. The van der Waals surface area contributed by atoms with E-state index in [1.54, 1.807) is 6.08 Å². The quantitative estimate of drug-likeness (QED) is 0.808. The van der Waals surface area contributed by atoms with E-state index in [-0.39, 0.29) is 18.2 Å². The lowest BCUT2D eigenvalue weighted by Gasteiger charge is -2.20. The van der Waals surface area contributed by atoms with Crippen LogP contribution in [0.15, 0.2) is 30.3 Å². The van der Waals surface area contributed by atoms with E-state index in [9.17, 15) is 9.59 Å². The highest BCUT2D eigenvalue weighted by Crippen LogP contribution is 2.08. The number of primary amides is 1. The molecule has 0 aliphatic heterocycles. The van der Waals surface area contributed by atoms with E-state index < -0.39 is 11.9 Å². The van der Waals surface area contributed by atoms with Crippen molar-refractivity contribution in [1.29, 1.82) is 0 Å². The van der Waals surface area contributed by atoms with E-state index >= 15 is 0 Å². The van der Waals surface area contributed by atoms with Gasteiger partial charge in [0.05, 0.1) is 0 Å². The first-order valence-electron chi connectivity index (χ1n) is 7.26. The van der Waals surface area contributed by atoms with E-state index in [0.29, 0.717) is 0 Å². The van der Waals surface area contributed by atoms with Crippen LogP contribution in [0.4, 0.5) is 0 Å². The van der Waals surface area contributed by atoms with Gasteiger partial charge in [0.2, 0.25) is 11.8 Å². The third-order valence-electron chi connectivity index (χ3n) is 3.53. The van der Waals surface area contributed by atoms with Gasteiger partial charge in [-0.15, -0.1) is 0 Å². The molecule has 1 aromatic rings. The molecule has 0 fully saturated rings. The van der Waals surface area contributed by atoms with Crippen molar-refractivity contribution in [3.63, 3.8) is 0 Å². The van der Waals surface area contributed by atoms with Gasteiger partial charge in [-0.1, -0.05) is 62.2 Å². The predicted molar refractivity (Wildman–Crippen MR) is 85.4 cm³/mol. The first-order valence-corrected chi connectivity index (χ1v) is 7.26. The van der Waals surface area contributed by atoms with Crippen LogP contribution in [0, 0.1) is 12.8 Å². The summed E-state index contributed by atoms with van der Waals surface area (Å²) >= 11 is 0. The average Bonchev–Trinajstić information content (AvgIpc) is 2.45. The standard InChI is InChI=1S/C17H24N2O2/c1-4-13(3)16(17(18)21)19-15(20)7-5-6-14-10-8-12(2)9-11-14/h5-6,8-11,13,16H,4,7H2,1-3H3,(H2,18,21)(H,19,20)/b6-5+. The molecular weight excluding hydrogens is 264 g/mol. The minimum Gasteiger partial charge on any atom is -0.368 e. The number of hydrogen-bond acceptors (Lipinski definition) is 2. The third-order valence-corrected chi connectivity index (χ3v) is 3.53. The Hall–Kier alpha value is -2.10. The minimum atomic E-state index is -0.602. The molecule has 0 aliphatic carbocycles. The van der Waals surface area contributed by atoms with Gasteiger partial charge >= 0.3 is 0 Å². The van der Waals surface area contributed by atoms with Crippen LogP contribution in [0.5, 0.6) is 0 Å². The van der Waals surface area contributed by atoms with Crippen molar-refractivity contribution >= 4 is 17.9 Å². The SMILES string of the molecule is CCC(C)C(NC(=O)C/C=C/c1ccc(C)cc1)C(N)=O. The highest BCUT2D eigenvalue weighted by molar-refractivity contribution is 5.87. The lowest BCUT2D eigenvalue weighted by molar-refractivity contribution is -0.128. The van der Waals surface area contributed by atoms with Crippen LogP contribution in [0.3, 0.4) is 0 Å². The number of aryl methyl sites for hydroxylation is 1. The van der Waals surface area contributed by atoms with Crippen LogP contribution in [-0.2, 0) is 9.59 Å². The Morgan fingerprint density at radius 2 is 1.90 bits per heavy atom. The van der Waals surface area contributed by atoms with E-state index in [1.165, 1.54) is 5.56 Å². The summed E-state index contributed by atoms with van der Waals surface area (Å²) in [4.78, 5) is 23.2. The number of hydrogen-bond donors (Lipinski definition) is 2. The van der Waals surface area contributed by atoms with Gasteiger partial charge in [0.25, 0.3) is 0 Å². The van der Waals surface area contributed by atoms with Gasteiger partial charge in [-0.25, -0.2) is 0 Å². The zero-order chi connectivity index (χ0) is 15.8. The summed E-state index contributed by atoms with van der Waals surface area (Å²) < 4.78 is 0. The first kappa shape index (κ1) is 17.0. The molecule has 1 aromatic carbocycles. The number of amides is 2. The fourth-order valence-corrected chi connectivity index (χ4v) is 1.94. The van der Waals surface area contributed by atoms with Crippen LogP contribution in [0.25, 0.3) is 6.08 Å². The maximum Gasteiger partial charge on any atom is 0.240 e.